The first-order valence-electron chi connectivity index (χ1n) is 2.98. The monoisotopic (exact) mass is 222 g/mol. The topological polar surface area (TPSA) is 83.3 Å². The molecule has 5 nitrogen and oxygen atoms in total. The molecule has 0 saturated carbocycles. The zero-order valence-corrected chi connectivity index (χ0v) is 8.22. The van der Waals surface area contributed by atoms with E-state index < -0.39 is 11.7 Å². The second-order valence-electron chi connectivity index (χ2n) is 1.90. The predicted octanol–water partition coefficient (Wildman–Crippen LogP) is 1.02. The molecule has 13 heavy (non-hydrogen) atoms. The number of aromatic nitrogens is 2. The van der Waals surface area contributed by atoms with Crippen molar-refractivity contribution in [2.24, 2.45) is 0 Å². The van der Waals surface area contributed by atoms with Crippen LogP contribution in [0.2, 0.25) is 0 Å². The van der Waals surface area contributed by atoms with Crippen molar-refractivity contribution in [3.63, 3.8) is 0 Å². The van der Waals surface area contributed by atoms with Crippen LogP contribution in [0.15, 0.2) is 11.4 Å². The first-order valence-corrected chi connectivity index (χ1v) is 4.21. The molecule has 1 aromatic heterocycles. The molecule has 0 bridgehead atoms. The average molecular weight is 223 g/mol. The van der Waals surface area contributed by atoms with Crippen LogP contribution >= 0.6 is 24.2 Å². The van der Waals surface area contributed by atoms with Crippen LogP contribution < -0.4 is 0 Å². The number of aromatic carboxylic acids is 1. The molecule has 0 spiro atoms. The number of halogens is 1. The number of carboxylic acids is 1. The van der Waals surface area contributed by atoms with Crippen molar-refractivity contribution in [3.8, 4) is 5.75 Å². The number of hydrogen-bond acceptors (Lipinski definition) is 5. The van der Waals surface area contributed by atoms with E-state index in [4.69, 9.17) is 10.2 Å². The van der Waals surface area contributed by atoms with Gasteiger partial charge in [-0.05, 0) is 6.26 Å². The normalized spacial score (nSPS) is 9.00. The fourth-order valence-corrected chi connectivity index (χ4v) is 0.956. The maximum Gasteiger partial charge on any atom is 0.358 e. The maximum absolute atomic E-state index is 10.4. The molecule has 1 heterocycles. The molecular formula is C6H7ClN2O3S. The Hall–Kier alpha value is -1.01. The Labute approximate surface area is 84.6 Å². The minimum absolute atomic E-state index is 0. The highest BCUT2D eigenvalue weighted by atomic mass is 35.5. The van der Waals surface area contributed by atoms with Crippen LogP contribution in [0.3, 0.4) is 0 Å². The standard InChI is InChI=1S/C6H6N2O3S.ClH/c1-12-6-7-2-3(9)4(8-6)5(10)11;/h2,9H,1H3,(H,10,11);1H. The van der Waals surface area contributed by atoms with E-state index in [2.05, 4.69) is 9.97 Å². The summed E-state index contributed by atoms with van der Waals surface area (Å²) in [6, 6.07) is 0. The van der Waals surface area contributed by atoms with E-state index in [9.17, 15) is 4.79 Å². The van der Waals surface area contributed by atoms with Crippen LogP contribution in [0, 0.1) is 0 Å². The van der Waals surface area contributed by atoms with Crippen LogP contribution in [0.4, 0.5) is 0 Å². The minimum Gasteiger partial charge on any atom is -0.504 e. The largest absolute Gasteiger partial charge is 0.504 e. The Morgan fingerprint density at radius 2 is 2.23 bits per heavy atom. The first kappa shape index (κ1) is 12.0. The van der Waals surface area contributed by atoms with Gasteiger partial charge in [-0.25, -0.2) is 14.8 Å². The molecule has 72 valence electrons. The third kappa shape index (κ3) is 2.74. The molecule has 0 aliphatic heterocycles. The SMILES string of the molecule is CSc1ncc(O)c(C(=O)O)n1.Cl. The summed E-state index contributed by atoms with van der Waals surface area (Å²) in [6.07, 6.45) is 2.79. The van der Waals surface area contributed by atoms with E-state index in [1.807, 2.05) is 0 Å². The van der Waals surface area contributed by atoms with Gasteiger partial charge in [-0.1, -0.05) is 11.8 Å². The lowest BCUT2D eigenvalue weighted by Crippen LogP contribution is -2.02. The van der Waals surface area contributed by atoms with Crippen LogP contribution in [-0.2, 0) is 0 Å². The molecule has 0 fully saturated rings. The molecule has 0 radical (unpaired) electrons. The molecule has 2 N–H and O–H groups in total. The minimum atomic E-state index is -1.26. The average Bonchev–Trinajstić information content (AvgIpc) is 2.05. The lowest BCUT2D eigenvalue weighted by atomic mass is 10.4. The van der Waals surface area contributed by atoms with Gasteiger partial charge in [0.1, 0.15) is 0 Å². The molecule has 0 amide bonds. The molecule has 0 unspecified atom stereocenters. The molecular weight excluding hydrogens is 216 g/mol. The lowest BCUT2D eigenvalue weighted by molar-refractivity contribution is 0.0685. The molecule has 0 aliphatic carbocycles. The number of rotatable bonds is 2. The van der Waals surface area contributed by atoms with Crippen LogP contribution in [0.25, 0.3) is 0 Å². The summed E-state index contributed by atoms with van der Waals surface area (Å²) in [7, 11) is 0. The van der Waals surface area contributed by atoms with Gasteiger partial charge in [-0.15, -0.1) is 12.4 Å². The summed E-state index contributed by atoms with van der Waals surface area (Å²) >= 11 is 1.21. The summed E-state index contributed by atoms with van der Waals surface area (Å²) in [4.78, 5) is 17.7. The van der Waals surface area contributed by atoms with Crippen LogP contribution in [-0.4, -0.2) is 32.4 Å². The van der Waals surface area contributed by atoms with Crippen molar-refractivity contribution in [2.45, 2.75) is 5.16 Å². The van der Waals surface area contributed by atoms with Crippen LogP contribution in [0.5, 0.6) is 5.75 Å². The van der Waals surface area contributed by atoms with Gasteiger partial charge in [0.25, 0.3) is 0 Å². The zero-order valence-electron chi connectivity index (χ0n) is 6.59. The molecule has 0 aliphatic rings. The molecule has 0 atom stereocenters. The summed E-state index contributed by atoms with van der Waals surface area (Å²) in [5, 5.41) is 17.8. The second kappa shape index (κ2) is 4.88. The predicted molar refractivity (Wildman–Crippen MR) is 49.7 cm³/mol. The van der Waals surface area contributed by atoms with Crippen molar-refractivity contribution in [2.75, 3.05) is 6.26 Å². The van der Waals surface area contributed by atoms with Gasteiger partial charge in [-0.2, -0.15) is 0 Å². The molecule has 1 rings (SSSR count). The Kier molecular flexibility index (Phi) is 4.50. The summed E-state index contributed by atoms with van der Waals surface area (Å²) in [6.45, 7) is 0. The Bertz CT molecular complexity index is 321. The summed E-state index contributed by atoms with van der Waals surface area (Å²) in [5.41, 5.74) is -0.366. The van der Waals surface area contributed by atoms with Crippen molar-refractivity contribution < 1.29 is 15.0 Å². The third-order valence-corrected chi connectivity index (χ3v) is 1.69. The van der Waals surface area contributed by atoms with E-state index in [0.717, 1.165) is 6.20 Å². The van der Waals surface area contributed by atoms with Gasteiger partial charge in [0.05, 0.1) is 6.20 Å². The van der Waals surface area contributed by atoms with Gasteiger partial charge in [0.15, 0.2) is 16.6 Å². The van der Waals surface area contributed by atoms with Gasteiger partial charge < -0.3 is 10.2 Å². The highest BCUT2D eigenvalue weighted by molar-refractivity contribution is 7.98. The molecule has 0 aromatic carbocycles. The van der Waals surface area contributed by atoms with E-state index in [1.165, 1.54) is 11.8 Å². The second-order valence-corrected chi connectivity index (χ2v) is 2.67. The Balaban J connectivity index is 0.00000144. The number of hydrogen-bond donors (Lipinski definition) is 2. The number of carboxylic acid groups (broad SMARTS) is 1. The summed E-state index contributed by atoms with van der Waals surface area (Å²) < 4.78 is 0. The van der Waals surface area contributed by atoms with E-state index >= 15 is 0 Å². The van der Waals surface area contributed by atoms with Gasteiger partial charge in [0, 0.05) is 0 Å². The molecule has 0 saturated heterocycles. The van der Waals surface area contributed by atoms with E-state index in [1.54, 1.807) is 6.26 Å². The van der Waals surface area contributed by atoms with Gasteiger partial charge in [0.2, 0.25) is 0 Å². The van der Waals surface area contributed by atoms with Crippen molar-refractivity contribution >= 4 is 30.1 Å². The van der Waals surface area contributed by atoms with Crippen molar-refractivity contribution in [1.29, 1.82) is 0 Å². The maximum atomic E-state index is 10.4. The fraction of sp³-hybridized carbons (Fsp3) is 0.167. The third-order valence-electron chi connectivity index (χ3n) is 1.13. The number of carbonyl (C=O) groups is 1. The van der Waals surface area contributed by atoms with E-state index in [0.29, 0.717) is 5.16 Å². The highest BCUT2D eigenvalue weighted by Gasteiger charge is 2.12. The Morgan fingerprint density at radius 1 is 1.62 bits per heavy atom. The van der Waals surface area contributed by atoms with Crippen LogP contribution in [0.1, 0.15) is 10.5 Å². The smallest absolute Gasteiger partial charge is 0.358 e. The lowest BCUT2D eigenvalue weighted by Gasteiger charge is -1.98. The molecule has 7 heteroatoms. The number of thioether (sulfide) groups is 1. The number of nitrogens with zero attached hydrogens (tertiary/aromatic N) is 2. The summed E-state index contributed by atoms with van der Waals surface area (Å²) in [5.74, 6) is -1.68. The highest BCUT2D eigenvalue weighted by Crippen LogP contribution is 2.16. The van der Waals surface area contributed by atoms with Crippen molar-refractivity contribution in [1.82, 2.24) is 9.97 Å². The number of aromatic hydroxyl groups is 1. The zero-order chi connectivity index (χ0) is 9.14. The van der Waals surface area contributed by atoms with E-state index in [-0.39, 0.29) is 18.1 Å². The van der Waals surface area contributed by atoms with Crippen molar-refractivity contribution in [3.05, 3.63) is 11.9 Å². The Morgan fingerprint density at radius 3 is 2.69 bits per heavy atom. The fourth-order valence-electron chi connectivity index (χ4n) is 0.615. The first-order chi connectivity index (χ1) is 5.65. The van der Waals surface area contributed by atoms with Gasteiger partial charge in [-0.3, -0.25) is 0 Å². The quantitative estimate of drug-likeness (QED) is 0.574. The molecule has 1 aromatic rings. The van der Waals surface area contributed by atoms with Gasteiger partial charge >= 0.3 is 5.97 Å².